The molecule has 0 saturated carbocycles. The standard InChI is InChI=1S/C24H30N4O5S/c1-4-6-7-13-32-19-9-8-10-20(15-19)33-24-25-21(18-11-12-23(29)28(3)17-18)16-22(26-24)27-34(30,31)14-5-2/h8-12,15-17H,4-7,13-14H2,1-3H3,(H,25,26,27). The van der Waals surface area contributed by atoms with Crippen molar-refractivity contribution >= 4 is 15.8 Å². The maximum atomic E-state index is 12.3. The van der Waals surface area contributed by atoms with Gasteiger partial charge in [-0.25, -0.2) is 8.42 Å². The van der Waals surface area contributed by atoms with Crippen LogP contribution in [0.4, 0.5) is 5.82 Å². The van der Waals surface area contributed by atoms with Crippen LogP contribution in [0.2, 0.25) is 0 Å². The number of nitrogens with zero attached hydrogens (tertiary/aromatic N) is 3. The maximum Gasteiger partial charge on any atom is 0.324 e. The van der Waals surface area contributed by atoms with Crippen molar-refractivity contribution in [1.29, 1.82) is 0 Å². The number of rotatable bonds is 12. The van der Waals surface area contributed by atoms with Crippen LogP contribution in [0.3, 0.4) is 0 Å². The van der Waals surface area contributed by atoms with Crippen molar-refractivity contribution in [2.75, 3.05) is 17.1 Å². The highest BCUT2D eigenvalue weighted by atomic mass is 32.2. The first-order chi connectivity index (χ1) is 16.3. The monoisotopic (exact) mass is 486 g/mol. The number of benzene rings is 1. The Hall–Kier alpha value is -3.40. The lowest BCUT2D eigenvalue weighted by Gasteiger charge is -2.12. The molecule has 0 saturated heterocycles. The predicted octanol–water partition coefficient (Wildman–Crippen LogP) is 4.36. The van der Waals surface area contributed by atoms with E-state index in [9.17, 15) is 13.2 Å². The van der Waals surface area contributed by atoms with Gasteiger partial charge in [0.15, 0.2) is 0 Å². The fourth-order valence-corrected chi connectivity index (χ4v) is 4.23. The molecule has 182 valence electrons. The number of hydrogen-bond donors (Lipinski definition) is 1. The van der Waals surface area contributed by atoms with Crippen molar-refractivity contribution in [3.8, 4) is 28.8 Å². The van der Waals surface area contributed by atoms with E-state index in [1.807, 2.05) is 6.07 Å². The molecule has 0 aliphatic rings. The molecule has 3 aromatic rings. The molecule has 0 aliphatic heterocycles. The van der Waals surface area contributed by atoms with E-state index in [0.29, 0.717) is 35.8 Å². The van der Waals surface area contributed by atoms with Gasteiger partial charge in [-0.3, -0.25) is 9.52 Å². The highest BCUT2D eigenvalue weighted by Gasteiger charge is 2.15. The topological polar surface area (TPSA) is 112 Å². The Kier molecular flexibility index (Phi) is 8.64. The van der Waals surface area contributed by atoms with Crippen molar-refractivity contribution in [2.24, 2.45) is 7.05 Å². The lowest BCUT2D eigenvalue weighted by molar-refractivity contribution is 0.304. The molecule has 3 rings (SSSR count). The minimum atomic E-state index is -3.58. The molecule has 0 radical (unpaired) electrons. The Morgan fingerprint density at radius 3 is 2.53 bits per heavy atom. The first-order valence-corrected chi connectivity index (χ1v) is 12.9. The number of aromatic nitrogens is 3. The largest absolute Gasteiger partial charge is 0.493 e. The van der Waals surface area contributed by atoms with E-state index >= 15 is 0 Å². The van der Waals surface area contributed by atoms with Gasteiger partial charge >= 0.3 is 6.01 Å². The molecule has 0 aliphatic carbocycles. The third-order valence-electron chi connectivity index (χ3n) is 4.85. The number of ether oxygens (including phenoxy) is 2. The van der Waals surface area contributed by atoms with Crippen molar-refractivity contribution in [3.63, 3.8) is 0 Å². The van der Waals surface area contributed by atoms with Gasteiger partial charge in [0.05, 0.1) is 18.1 Å². The molecule has 0 bridgehead atoms. The van der Waals surface area contributed by atoms with Gasteiger partial charge in [0.1, 0.15) is 17.3 Å². The highest BCUT2D eigenvalue weighted by molar-refractivity contribution is 7.92. The third-order valence-corrected chi connectivity index (χ3v) is 6.32. The Labute approximate surface area is 199 Å². The summed E-state index contributed by atoms with van der Waals surface area (Å²) in [5, 5.41) is 0. The normalized spacial score (nSPS) is 11.3. The molecule has 0 atom stereocenters. The van der Waals surface area contributed by atoms with Crippen LogP contribution in [0, 0.1) is 0 Å². The molecule has 10 heteroatoms. The average Bonchev–Trinajstić information content (AvgIpc) is 2.78. The molecule has 2 heterocycles. The molecule has 2 aromatic heterocycles. The Morgan fingerprint density at radius 1 is 1.00 bits per heavy atom. The summed E-state index contributed by atoms with van der Waals surface area (Å²) in [6.45, 7) is 4.52. The van der Waals surface area contributed by atoms with Crippen molar-refractivity contribution in [3.05, 3.63) is 59.0 Å². The summed E-state index contributed by atoms with van der Waals surface area (Å²) >= 11 is 0. The summed E-state index contributed by atoms with van der Waals surface area (Å²) in [5.74, 6) is 1.15. The van der Waals surface area contributed by atoms with Crippen LogP contribution in [-0.2, 0) is 17.1 Å². The van der Waals surface area contributed by atoms with Gasteiger partial charge in [-0.05, 0) is 31.0 Å². The Morgan fingerprint density at radius 2 is 1.79 bits per heavy atom. The predicted molar refractivity (Wildman–Crippen MR) is 132 cm³/mol. The van der Waals surface area contributed by atoms with E-state index in [4.69, 9.17) is 9.47 Å². The second-order valence-corrected chi connectivity index (χ2v) is 9.68. The zero-order valence-electron chi connectivity index (χ0n) is 19.7. The van der Waals surface area contributed by atoms with E-state index in [2.05, 4.69) is 21.6 Å². The number of anilines is 1. The Bertz CT molecular complexity index is 1270. The molecule has 1 aromatic carbocycles. The zero-order valence-corrected chi connectivity index (χ0v) is 20.5. The van der Waals surface area contributed by atoms with Crippen molar-refractivity contribution in [2.45, 2.75) is 39.5 Å². The molecule has 1 N–H and O–H groups in total. The van der Waals surface area contributed by atoms with Crippen molar-refractivity contribution < 1.29 is 17.9 Å². The van der Waals surface area contributed by atoms with Crippen LogP contribution < -0.4 is 19.8 Å². The van der Waals surface area contributed by atoms with Gasteiger partial charge in [-0.1, -0.05) is 32.8 Å². The van der Waals surface area contributed by atoms with E-state index < -0.39 is 10.0 Å². The first kappa shape index (κ1) is 25.2. The summed E-state index contributed by atoms with van der Waals surface area (Å²) < 4.78 is 40.2. The molecule has 0 unspecified atom stereocenters. The minimum Gasteiger partial charge on any atom is -0.493 e. The first-order valence-electron chi connectivity index (χ1n) is 11.3. The lowest BCUT2D eigenvalue weighted by atomic mass is 10.2. The van der Waals surface area contributed by atoms with Crippen LogP contribution in [0.1, 0.15) is 39.5 Å². The molecule has 0 spiro atoms. The Balaban J connectivity index is 1.92. The van der Waals surface area contributed by atoms with Gasteiger partial charge in [-0.15, -0.1) is 0 Å². The molecular weight excluding hydrogens is 456 g/mol. The number of hydrogen-bond acceptors (Lipinski definition) is 7. The fourth-order valence-electron chi connectivity index (χ4n) is 3.17. The van der Waals surface area contributed by atoms with Crippen molar-refractivity contribution in [1.82, 2.24) is 14.5 Å². The molecular formula is C24H30N4O5S. The van der Waals surface area contributed by atoms with Crippen LogP contribution in [-0.4, -0.2) is 35.3 Å². The van der Waals surface area contributed by atoms with E-state index in [1.165, 1.54) is 16.7 Å². The fraction of sp³-hybridized carbons (Fsp3) is 0.375. The summed E-state index contributed by atoms with van der Waals surface area (Å²) in [5.41, 5.74) is 0.842. The second-order valence-electron chi connectivity index (χ2n) is 7.84. The lowest BCUT2D eigenvalue weighted by Crippen LogP contribution is -2.17. The van der Waals surface area contributed by atoms with Gasteiger partial charge in [-0.2, -0.15) is 9.97 Å². The average molecular weight is 487 g/mol. The number of aryl methyl sites for hydroxylation is 1. The maximum absolute atomic E-state index is 12.3. The van der Waals surface area contributed by atoms with Gasteiger partial charge in [0.2, 0.25) is 15.6 Å². The second kappa shape index (κ2) is 11.6. The van der Waals surface area contributed by atoms with Gasteiger partial charge in [0.25, 0.3) is 0 Å². The zero-order chi connectivity index (χ0) is 24.6. The third kappa shape index (κ3) is 7.31. The summed E-state index contributed by atoms with van der Waals surface area (Å²) in [6.07, 6.45) is 5.25. The highest BCUT2D eigenvalue weighted by Crippen LogP contribution is 2.27. The van der Waals surface area contributed by atoms with Crippen LogP contribution in [0.5, 0.6) is 17.5 Å². The molecule has 34 heavy (non-hydrogen) atoms. The molecule has 9 nitrogen and oxygen atoms in total. The SMILES string of the molecule is CCCCCOc1cccc(Oc2nc(NS(=O)(=O)CCC)cc(-c3ccc(=O)n(C)c3)n2)c1. The number of sulfonamides is 1. The molecule has 0 fully saturated rings. The summed E-state index contributed by atoms with van der Waals surface area (Å²) in [4.78, 5) is 20.5. The van der Waals surface area contributed by atoms with E-state index in [-0.39, 0.29) is 23.1 Å². The number of unbranched alkanes of at least 4 members (excludes halogenated alkanes) is 2. The van der Waals surface area contributed by atoms with Gasteiger partial charge in [0, 0.05) is 37.0 Å². The number of nitrogens with one attached hydrogen (secondary N) is 1. The number of pyridine rings is 1. The summed E-state index contributed by atoms with van der Waals surface area (Å²) in [6, 6.07) is 11.6. The molecule has 0 amide bonds. The smallest absolute Gasteiger partial charge is 0.324 e. The van der Waals surface area contributed by atoms with E-state index in [0.717, 1.165) is 19.3 Å². The quantitative estimate of drug-likeness (QED) is 0.379. The van der Waals surface area contributed by atoms with Crippen LogP contribution >= 0.6 is 0 Å². The van der Waals surface area contributed by atoms with Gasteiger partial charge < -0.3 is 14.0 Å². The summed E-state index contributed by atoms with van der Waals surface area (Å²) in [7, 11) is -1.95. The minimum absolute atomic E-state index is 0.0383. The van der Waals surface area contributed by atoms with Crippen LogP contribution in [0.25, 0.3) is 11.3 Å². The van der Waals surface area contributed by atoms with E-state index in [1.54, 1.807) is 44.4 Å². The van der Waals surface area contributed by atoms with Crippen LogP contribution in [0.15, 0.2) is 53.5 Å².